The lowest BCUT2D eigenvalue weighted by Gasteiger charge is -2.39. The summed E-state index contributed by atoms with van der Waals surface area (Å²) in [6, 6.07) is 0. The van der Waals surface area contributed by atoms with E-state index in [0.717, 1.165) is 25.9 Å². The van der Waals surface area contributed by atoms with E-state index in [9.17, 15) is 14.7 Å². The van der Waals surface area contributed by atoms with E-state index >= 15 is 0 Å². The molecular formula is C19H34N2O4. The Morgan fingerprint density at radius 2 is 2.00 bits per heavy atom. The molecule has 1 unspecified atom stereocenters. The Morgan fingerprint density at radius 1 is 1.24 bits per heavy atom. The minimum atomic E-state index is -0.740. The molecule has 6 nitrogen and oxygen atoms in total. The lowest BCUT2D eigenvalue weighted by Crippen LogP contribution is -2.50. The fraction of sp³-hybridized carbons (Fsp3) is 0.895. The molecule has 1 aliphatic carbocycles. The number of hydrogen-bond acceptors (Lipinski definition) is 4. The number of likely N-dealkylation sites (tertiary alicyclic amines) is 1. The number of carboxylic acid groups (broad SMARTS) is 1. The predicted octanol–water partition coefficient (Wildman–Crippen LogP) is 2.28. The summed E-state index contributed by atoms with van der Waals surface area (Å²) in [5.74, 6) is -0.0919. The molecule has 2 N–H and O–H groups in total. The fourth-order valence-electron chi connectivity index (χ4n) is 4.31. The number of aliphatic carboxylic acids is 1. The number of carbonyl (C=O) groups is 2. The number of nitrogens with zero attached hydrogens (tertiary/aromatic N) is 1. The van der Waals surface area contributed by atoms with Crippen LogP contribution >= 0.6 is 0 Å². The molecule has 1 amide bonds. The van der Waals surface area contributed by atoms with Gasteiger partial charge in [0.25, 0.3) is 0 Å². The van der Waals surface area contributed by atoms with Crippen molar-refractivity contribution >= 4 is 11.9 Å². The van der Waals surface area contributed by atoms with Crippen LogP contribution in [0.3, 0.4) is 0 Å². The molecular weight excluding hydrogens is 320 g/mol. The van der Waals surface area contributed by atoms with Crippen molar-refractivity contribution in [3.05, 3.63) is 0 Å². The number of hydrogen-bond donors (Lipinski definition) is 2. The molecule has 0 spiro atoms. The zero-order valence-electron chi connectivity index (χ0n) is 15.6. The van der Waals surface area contributed by atoms with Crippen LogP contribution in [0.25, 0.3) is 0 Å². The molecule has 25 heavy (non-hydrogen) atoms. The average molecular weight is 354 g/mol. The number of carbonyl (C=O) groups excluding carboxylic acids is 1. The van der Waals surface area contributed by atoms with Gasteiger partial charge >= 0.3 is 5.97 Å². The largest absolute Gasteiger partial charge is 0.481 e. The van der Waals surface area contributed by atoms with Crippen LogP contribution in [0, 0.1) is 11.3 Å². The van der Waals surface area contributed by atoms with E-state index in [1.807, 2.05) is 4.90 Å². The highest BCUT2D eigenvalue weighted by atomic mass is 16.5. The van der Waals surface area contributed by atoms with E-state index < -0.39 is 11.4 Å². The number of methoxy groups -OCH3 is 1. The Labute approximate surface area is 151 Å². The highest BCUT2D eigenvalue weighted by molar-refractivity contribution is 5.78. The van der Waals surface area contributed by atoms with E-state index in [-0.39, 0.29) is 5.91 Å². The van der Waals surface area contributed by atoms with Crippen LogP contribution in [0.1, 0.15) is 57.8 Å². The highest BCUT2D eigenvalue weighted by Crippen LogP contribution is 2.35. The zero-order chi connectivity index (χ0) is 18.1. The van der Waals surface area contributed by atoms with Gasteiger partial charge in [-0.1, -0.05) is 19.3 Å². The van der Waals surface area contributed by atoms with Crippen LogP contribution in [-0.2, 0) is 14.3 Å². The van der Waals surface area contributed by atoms with E-state index in [1.165, 1.54) is 32.1 Å². The summed E-state index contributed by atoms with van der Waals surface area (Å²) >= 11 is 0. The Bertz CT molecular complexity index is 437. The Balaban J connectivity index is 1.79. The molecule has 1 saturated heterocycles. The van der Waals surface area contributed by atoms with Gasteiger partial charge in [0.15, 0.2) is 0 Å². The van der Waals surface area contributed by atoms with Gasteiger partial charge in [-0.25, -0.2) is 0 Å². The molecule has 0 bridgehead atoms. The molecule has 1 saturated carbocycles. The first kappa shape index (κ1) is 20.2. The van der Waals surface area contributed by atoms with Gasteiger partial charge in [0, 0.05) is 26.8 Å². The molecule has 144 valence electrons. The van der Waals surface area contributed by atoms with Crippen molar-refractivity contribution in [3.63, 3.8) is 0 Å². The van der Waals surface area contributed by atoms with Crippen molar-refractivity contribution in [3.8, 4) is 0 Å². The topological polar surface area (TPSA) is 78.9 Å². The Morgan fingerprint density at radius 3 is 2.68 bits per heavy atom. The van der Waals surface area contributed by atoms with E-state index in [0.29, 0.717) is 38.5 Å². The first-order chi connectivity index (χ1) is 12.1. The molecule has 1 atom stereocenters. The van der Waals surface area contributed by atoms with E-state index in [1.54, 1.807) is 7.11 Å². The van der Waals surface area contributed by atoms with Gasteiger partial charge in [-0.3, -0.25) is 14.5 Å². The summed E-state index contributed by atoms with van der Waals surface area (Å²) in [7, 11) is 1.64. The first-order valence-electron chi connectivity index (χ1n) is 9.77. The standard InChI is InChI=1S/C19H34N2O4/c1-25-12-6-10-19(18(23)24)9-5-11-21(15-19)14-17(22)20-13-16-7-3-2-4-8-16/h16H,2-15H2,1H3,(H,20,22)(H,23,24). The first-order valence-corrected chi connectivity index (χ1v) is 9.77. The summed E-state index contributed by atoms with van der Waals surface area (Å²) < 4.78 is 5.07. The second kappa shape index (κ2) is 10.1. The van der Waals surface area contributed by atoms with Crippen LogP contribution in [0.4, 0.5) is 0 Å². The van der Waals surface area contributed by atoms with Crippen molar-refractivity contribution in [2.45, 2.75) is 57.8 Å². The number of carboxylic acids is 1. The number of amides is 1. The molecule has 0 aromatic rings. The molecule has 2 aliphatic rings. The van der Waals surface area contributed by atoms with E-state index in [4.69, 9.17) is 4.74 Å². The molecule has 2 rings (SSSR count). The molecule has 6 heteroatoms. The zero-order valence-corrected chi connectivity index (χ0v) is 15.6. The van der Waals surface area contributed by atoms with Crippen molar-refractivity contribution in [1.29, 1.82) is 0 Å². The third-order valence-electron chi connectivity index (χ3n) is 5.79. The number of piperidine rings is 1. The highest BCUT2D eigenvalue weighted by Gasteiger charge is 2.42. The quantitative estimate of drug-likeness (QED) is 0.621. The SMILES string of the molecule is COCCCC1(C(=O)O)CCCN(CC(=O)NCC2CCCCC2)C1. The van der Waals surface area contributed by atoms with Gasteiger partial charge in [0.1, 0.15) is 0 Å². The average Bonchev–Trinajstić information content (AvgIpc) is 2.61. The lowest BCUT2D eigenvalue weighted by atomic mass is 9.76. The van der Waals surface area contributed by atoms with Crippen LogP contribution in [-0.4, -0.2) is 61.8 Å². The number of rotatable bonds is 9. The summed E-state index contributed by atoms with van der Waals surface area (Å²) in [5.41, 5.74) is -0.736. The maximum Gasteiger partial charge on any atom is 0.310 e. The summed E-state index contributed by atoms with van der Waals surface area (Å²) in [6.45, 7) is 2.92. The number of ether oxygens (including phenoxy) is 1. The van der Waals surface area contributed by atoms with Crippen molar-refractivity contribution < 1.29 is 19.4 Å². The van der Waals surface area contributed by atoms with Crippen molar-refractivity contribution in [2.75, 3.05) is 39.9 Å². The number of nitrogens with one attached hydrogen (secondary N) is 1. The molecule has 0 aromatic carbocycles. The van der Waals surface area contributed by atoms with Crippen LogP contribution in [0.2, 0.25) is 0 Å². The minimum Gasteiger partial charge on any atom is -0.481 e. The molecule has 0 aromatic heterocycles. The third-order valence-corrected chi connectivity index (χ3v) is 5.79. The summed E-state index contributed by atoms with van der Waals surface area (Å²) in [4.78, 5) is 26.2. The predicted molar refractivity (Wildman–Crippen MR) is 96.4 cm³/mol. The third kappa shape index (κ3) is 6.26. The van der Waals surface area contributed by atoms with E-state index in [2.05, 4.69) is 5.32 Å². The maximum absolute atomic E-state index is 12.3. The maximum atomic E-state index is 12.3. The molecule has 1 aliphatic heterocycles. The summed E-state index contributed by atoms with van der Waals surface area (Å²) in [6.07, 6.45) is 9.16. The van der Waals surface area contributed by atoms with Gasteiger partial charge in [-0.15, -0.1) is 0 Å². The molecule has 0 radical (unpaired) electrons. The monoisotopic (exact) mass is 354 g/mol. The van der Waals surface area contributed by atoms with Gasteiger partial charge in [-0.05, 0) is 51.0 Å². The van der Waals surface area contributed by atoms with Crippen LogP contribution in [0.15, 0.2) is 0 Å². The van der Waals surface area contributed by atoms with Crippen molar-refractivity contribution in [1.82, 2.24) is 10.2 Å². The second-order valence-corrected chi connectivity index (χ2v) is 7.80. The summed E-state index contributed by atoms with van der Waals surface area (Å²) in [5, 5.41) is 12.8. The van der Waals surface area contributed by atoms with Crippen LogP contribution < -0.4 is 5.32 Å². The second-order valence-electron chi connectivity index (χ2n) is 7.80. The molecule has 1 heterocycles. The van der Waals surface area contributed by atoms with Gasteiger partial charge < -0.3 is 15.2 Å². The van der Waals surface area contributed by atoms with Gasteiger partial charge in [-0.2, -0.15) is 0 Å². The smallest absolute Gasteiger partial charge is 0.310 e. The van der Waals surface area contributed by atoms with Gasteiger partial charge in [0.05, 0.1) is 12.0 Å². The molecule has 2 fully saturated rings. The van der Waals surface area contributed by atoms with Gasteiger partial charge in [0.2, 0.25) is 5.91 Å². The van der Waals surface area contributed by atoms with Crippen molar-refractivity contribution in [2.24, 2.45) is 11.3 Å². The lowest BCUT2D eigenvalue weighted by molar-refractivity contribution is -0.154. The Kier molecular flexibility index (Phi) is 8.16. The van der Waals surface area contributed by atoms with Crippen LogP contribution in [0.5, 0.6) is 0 Å². The Hall–Kier alpha value is -1.14. The minimum absolute atomic E-state index is 0.0312. The normalized spacial score (nSPS) is 25.6. The fourth-order valence-corrected chi connectivity index (χ4v) is 4.31.